The standard InChI is InChI=1S/C53H36BNS/c1-53(2)44-20-10-8-17-36(44)40-29-41-39-27-33-15-6-7-16-34(33)28-46(39)55(35-25-23-32(24-26-35)31-13-4-3-5-14-31)54-45-21-12-19-38-48(45)43(49(50(40)53)51(41)54)30-42-37-18-9-11-22-47(37)56-52(38)42/h3-29,43H,30H2,1-2H3. The van der Waals surface area contributed by atoms with Crippen LogP contribution in [0, 0.1) is 0 Å². The zero-order valence-corrected chi connectivity index (χ0v) is 32.1. The molecule has 0 N–H and O–H groups in total. The Morgan fingerprint density at radius 3 is 2.16 bits per heavy atom. The monoisotopic (exact) mass is 729 g/mol. The van der Waals surface area contributed by atoms with Crippen molar-refractivity contribution < 1.29 is 0 Å². The van der Waals surface area contributed by atoms with Crippen LogP contribution >= 0.6 is 11.3 Å². The van der Waals surface area contributed by atoms with Crippen LogP contribution in [-0.2, 0) is 11.8 Å². The van der Waals surface area contributed by atoms with Gasteiger partial charge in [-0.3, -0.25) is 0 Å². The molecular formula is C53H36BNS. The molecule has 9 aromatic rings. The lowest BCUT2D eigenvalue weighted by molar-refractivity contribution is 0.640. The van der Waals surface area contributed by atoms with Crippen LogP contribution < -0.4 is 15.7 Å². The molecule has 1 nitrogen and oxygen atoms in total. The molecule has 1 atom stereocenters. The van der Waals surface area contributed by atoms with E-state index < -0.39 is 0 Å². The Labute approximate surface area is 331 Å². The van der Waals surface area contributed by atoms with Crippen molar-refractivity contribution in [3.05, 3.63) is 192 Å². The molecule has 1 aromatic heterocycles. The maximum atomic E-state index is 2.70. The fourth-order valence-corrected chi connectivity index (χ4v) is 12.6. The van der Waals surface area contributed by atoms with E-state index in [-0.39, 0.29) is 18.2 Å². The van der Waals surface area contributed by atoms with Crippen LogP contribution in [0.1, 0.15) is 47.6 Å². The molecule has 3 heteroatoms. The third kappa shape index (κ3) is 3.96. The molecule has 0 radical (unpaired) electrons. The van der Waals surface area contributed by atoms with E-state index in [0.717, 1.165) is 6.42 Å². The zero-order chi connectivity index (χ0) is 36.9. The van der Waals surface area contributed by atoms with Gasteiger partial charge in [0.25, 0.3) is 0 Å². The smallest absolute Gasteiger partial charge is 0.329 e. The first-order valence-electron chi connectivity index (χ1n) is 20.0. The fourth-order valence-electron chi connectivity index (χ4n) is 11.3. The normalized spacial score (nSPS) is 16.2. The van der Waals surface area contributed by atoms with Gasteiger partial charge in [0.15, 0.2) is 0 Å². The minimum atomic E-state index is -0.143. The van der Waals surface area contributed by atoms with Crippen molar-refractivity contribution in [2.45, 2.75) is 31.6 Å². The Hall–Kier alpha value is -6.16. The number of anilines is 2. The predicted molar refractivity (Wildman–Crippen MR) is 239 cm³/mol. The van der Waals surface area contributed by atoms with Gasteiger partial charge in [-0.1, -0.05) is 141 Å². The van der Waals surface area contributed by atoms with Crippen molar-refractivity contribution in [3.63, 3.8) is 0 Å². The summed E-state index contributed by atoms with van der Waals surface area (Å²) in [5, 5.41) is 3.98. The molecule has 8 aromatic carbocycles. The molecule has 2 aliphatic carbocycles. The topological polar surface area (TPSA) is 3.24 Å². The Morgan fingerprint density at radius 2 is 1.30 bits per heavy atom. The minimum Gasteiger partial charge on any atom is -0.376 e. The first-order chi connectivity index (χ1) is 27.5. The summed E-state index contributed by atoms with van der Waals surface area (Å²) in [4.78, 5) is 4.16. The average molecular weight is 730 g/mol. The van der Waals surface area contributed by atoms with Crippen LogP contribution in [0.4, 0.5) is 11.4 Å². The number of nitrogens with zero attached hydrogens (tertiary/aromatic N) is 1. The molecule has 1 unspecified atom stereocenters. The molecule has 56 heavy (non-hydrogen) atoms. The lowest BCUT2D eigenvalue weighted by Gasteiger charge is -2.47. The Morgan fingerprint density at radius 1 is 0.589 bits per heavy atom. The van der Waals surface area contributed by atoms with Crippen LogP contribution in [0.15, 0.2) is 164 Å². The summed E-state index contributed by atoms with van der Waals surface area (Å²) in [5.74, 6) is 0.254. The number of thiophene rings is 1. The van der Waals surface area contributed by atoms with Crippen LogP contribution in [0.2, 0.25) is 0 Å². The van der Waals surface area contributed by atoms with Gasteiger partial charge >= 0.3 is 6.85 Å². The molecule has 0 saturated heterocycles. The number of hydrogen-bond acceptors (Lipinski definition) is 2. The highest BCUT2D eigenvalue weighted by Crippen LogP contribution is 2.58. The van der Waals surface area contributed by atoms with Gasteiger partial charge in [0.05, 0.1) is 0 Å². The highest BCUT2D eigenvalue weighted by atomic mass is 32.1. The summed E-state index contributed by atoms with van der Waals surface area (Å²) in [6, 6.07) is 62.2. The van der Waals surface area contributed by atoms with E-state index in [2.05, 4.69) is 182 Å². The summed E-state index contributed by atoms with van der Waals surface area (Å²) < 4.78 is 1.39. The van der Waals surface area contributed by atoms with E-state index >= 15 is 0 Å². The van der Waals surface area contributed by atoms with Crippen molar-refractivity contribution in [1.82, 2.24) is 0 Å². The number of rotatable bonds is 2. The highest BCUT2D eigenvalue weighted by Gasteiger charge is 2.51. The molecule has 0 saturated carbocycles. The molecule has 2 aliphatic heterocycles. The Balaban J connectivity index is 1.17. The first kappa shape index (κ1) is 31.1. The van der Waals surface area contributed by atoms with Gasteiger partial charge in [0.1, 0.15) is 0 Å². The van der Waals surface area contributed by atoms with Gasteiger partial charge in [0, 0.05) is 37.8 Å². The van der Waals surface area contributed by atoms with Crippen molar-refractivity contribution in [2.75, 3.05) is 4.81 Å². The number of hydrogen-bond donors (Lipinski definition) is 0. The third-order valence-electron chi connectivity index (χ3n) is 13.6. The molecule has 0 fully saturated rings. The molecule has 0 amide bonds. The summed E-state index contributed by atoms with van der Waals surface area (Å²) >= 11 is 1.98. The van der Waals surface area contributed by atoms with E-state index in [1.807, 2.05) is 11.3 Å². The largest absolute Gasteiger partial charge is 0.376 e. The van der Waals surface area contributed by atoms with E-state index in [1.165, 1.54) is 109 Å². The Kier molecular flexibility index (Phi) is 6.10. The fraction of sp³-hybridized carbons (Fsp3) is 0.0943. The van der Waals surface area contributed by atoms with Gasteiger partial charge in [0.2, 0.25) is 0 Å². The number of benzene rings is 8. The molecule has 262 valence electrons. The molecule has 13 rings (SSSR count). The lowest BCUT2D eigenvalue weighted by Crippen LogP contribution is -2.63. The predicted octanol–water partition coefficient (Wildman–Crippen LogP) is 12.6. The second kappa shape index (κ2) is 11.0. The highest BCUT2D eigenvalue weighted by molar-refractivity contribution is 7.22. The maximum Gasteiger partial charge on any atom is 0.329 e. The maximum absolute atomic E-state index is 2.70. The van der Waals surface area contributed by atoms with Crippen molar-refractivity contribution in [1.29, 1.82) is 0 Å². The summed E-state index contributed by atoms with van der Waals surface area (Å²) in [5.41, 5.74) is 22.3. The van der Waals surface area contributed by atoms with Gasteiger partial charge in [-0.25, -0.2) is 0 Å². The van der Waals surface area contributed by atoms with Crippen LogP contribution in [0.25, 0.3) is 64.7 Å². The van der Waals surface area contributed by atoms with Crippen molar-refractivity contribution in [2.24, 2.45) is 0 Å². The van der Waals surface area contributed by atoms with Crippen molar-refractivity contribution >= 4 is 61.3 Å². The van der Waals surface area contributed by atoms with E-state index in [0.29, 0.717) is 0 Å². The lowest BCUT2D eigenvalue weighted by atomic mass is 9.38. The SMILES string of the molecule is CC1(C)c2ccccc2-c2cc3c4c(c21)C1Cc2c(sc5ccccc25)-c2cccc(c21)B4N(c1ccc(-c2ccccc2)cc1)c1cc2ccccc2cc1-3. The van der Waals surface area contributed by atoms with Crippen LogP contribution in [0.5, 0.6) is 0 Å². The molecule has 0 bridgehead atoms. The first-order valence-corrected chi connectivity index (χ1v) is 20.8. The Bertz CT molecular complexity index is 3150. The van der Waals surface area contributed by atoms with E-state index in [4.69, 9.17) is 0 Å². The zero-order valence-electron chi connectivity index (χ0n) is 31.3. The molecule has 0 spiro atoms. The van der Waals surface area contributed by atoms with E-state index in [1.54, 1.807) is 5.56 Å². The van der Waals surface area contributed by atoms with Crippen LogP contribution in [0.3, 0.4) is 0 Å². The van der Waals surface area contributed by atoms with E-state index in [9.17, 15) is 0 Å². The van der Waals surface area contributed by atoms with Gasteiger partial charge in [-0.05, 0) is 131 Å². The van der Waals surface area contributed by atoms with Gasteiger partial charge in [-0.15, -0.1) is 11.3 Å². The average Bonchev–Trinajstić information content (AvgIpc) is 3.73. The minimum absolute atomic E-state index is 0.0168. The van der Waals surface area contributed by atoms with Gasteiger partial charge < -0.3 is 4.81 Å². The molecule has 4 aliphatic rings. The second-order valence-corrected chi connectivity index (χ2v) is 17.8. The summed E-state index contributed by atoms with van der Waals surface area (Å²) in [7, 11) is 0. The molecule has 3 heterocycles. The summed E-state index contributed by atoms with van der Waals surface area (Å²) in [6.45, 7) is 4.98. The second-order valence-electron chi connectivity index (χ2n) is 16.7. The van der Waals surface area contributed by atoms with Gasteiger partial charge in [-0.2, -0.15) is 0 Å². The summed E-state index contributed by atoms with van der Waals surface area (Å²) in [6.07, 6.45) is 1.02. The third-order valence-corrected chi connectivity index (χ3v) is 14.9. The van der Waals surface area contributed by atoms with Crippen molar-refractivity contribution in [3.8, 4) is 43.8 Å². The molecular weight excluding hydrogens is 693 g/mol. The van der Waals surface area contributed by atoms with Crippen LogP contribution in [-0.4, -0.2) is 6.85 Å². The number of fused-ring (bicyclic) bond motifs is 13. The quantitative estimate of drug-likeness (QED) is 0.160.